The SMILES string of the molecule is O=C(Nc1ccc(C(F)(F)F)cc1Cl)c1cnccc1Cl. The molecule has 0 bridgehead atoms. The summed E-state index contributed by atoms with van der Waals surface area (Å²) in [5, 5.41) is 2.33. The minimum Gasteiger partial charge on any atom is -0.321 e. The van der Waals surface area contributed by atoms with Gasteiger partial charge in [0, 0.05) is 12.4 Å². The van der Waals surface area contributed by atoms with E-state index >= 15 is 0 Å². The third kappa shape index (κ3) is 3.65. The Morgan fingerprint density at radius 3 is 2.43 bits per heavy atom. The van der Waals surface area contributed by atoms with E-state index in [1.54, 1.807) is 0 Å². The highest BCUT2D eigenvalue weighted by Gasteiger charge is 2.31. The Balaban J connectivity index is 2.25. The van der Waals surface area contributed by atoms with Crippen LogP contribution in [-0.4, -0.2) is 10.9 Å². The van der Waals surface area contributed by atoms with Crippen molar-refractivity contribution in [2.75, 3.05) is 5.32 Å². The molecule has 0 fully saturated rings. The number of aromatic nitrogens is 1. The lowest BCUT2D eigenvalue weighted by atomic mass is 10.2. The van der Waals surface area contributed by atoms with Gasteiger partial charge >= 0.3 is 6.18 Å². The number of carbonyl (C=O) groups excluding carboxylic acids is 1. The van der Waals surface area contributed by atoms with Gasteiger partial charge in [-0.2, -0.15) is 13.2 Å². The van der Waals surface area contributed by atoms with E-state index in [-0.39, 0.29) is 21.3 Å². The summed E-state index contributed by atoms with van der Waals surface area (Å²) in [7, 11) is 0. The molecule has 0 unspecified atom stereocenters. The number of anilines is 1. The summed E-state index contributed by atoms with van der Waals surface area (Å²) in [6.07, 6.45) is -1.85. The van der Waals surface area contributed by atoms with E-state index < -0.39 is 17.6 Å². The van der Waals surface area contributed by atoms with Crippen molar-refractivity contribution in [1.82, 2.24) is 4.98 Å². The van der Waals surface area contributed by atoms with Crippen molar-refractivity contribution in [2.45, 2.75) is 6.18 Å². The third-order valence-electron chi connectivity index (χ3n) is 2.56. The van der Waals surface area contributed by atoms with Crippen molar-refractivity contribution in [3.8, 4) is 0 Å². The largest absolute Gasteiger partial charge is 0.416 e. The van der Waals surface area contributed by atoms with E-state index in [1.807, 2.05) is 0 Å². The molecule has 0 aliphatic heterocycles. The fourth-order valence-corrected chi connectivity index (χ4v) is 1.95. The average Bonchev–Trinajstić information content (AvgIpc) is 2.40. The molecule has 1 aromatic carbocycles. The summed E-state index contributed by atoms with van der Waals surface area (Å²) in [5.41, 5.74) is -0.755. The van der Waals surface area contributed by atoms with Gasteiger partial charge in [-0.3, -0.25) is 9.78 Å². The molecule has 1 N–H and O–H groups in total. The van der Waals surface area contributed by atoms with E-state index in [9.17, 15) is 18.0 Å². The summed E-state index contributed by atoms with van der Waals surface area (Å²) >= 11 is 11.6. The number of halogens is 5. The van der Waals surface area contributed by atoms with Crippen LogP contribution in [-0.2, 0) is 6.18 Å². The normalized spacial score (nSPS) is 11.3. The summed E-state index contributed by atoms with van der Waals surface area (Å²) < 4.78 is 37.5. The predicted octanol–water partition coefficient (Wildman–Crippen LogP) is 4.66. The zero-order valence-electron chi connectivity index (χ0n) is 10.2. The summed E-state index contributed by atoms with van der Waals surface area (Å²) in [6, 6.07) is 4.06. The number of hydrogen-bond donors (Lipinski definition) is 1. The van der Waals surface area contributed by atoms with Gasteiger partial charge in [-0.05, 0) is 24.3 Å². The fourth-order valence-electron chi connectivity index (χ4n) is 1.53. The van der Waals surface area contributed by atoms with Crippen molar-refractivity contribution in [1.29, 1.82) is 0 Å². The molecule has 1 aromatic heterocycles. The Labute approximate surface area is 127 Å². The van der Waals surface area contributed by atoms with Crippen LogP contribution < -0.4 is 5.32 Å². The van der Waals surface area contributed by atoms with Crippen LogP contribution in [0.2, 0.25) is 10.0 Å². The molecule has 0 spiro atoms. The Bertz CT molecular complexity index is 689. The van der Waals surface area contributed by atoms with Crippen molar-refractivity contribution >= 4 is 34.8 Å². The molecule has 1 heterocycles. The van der Waals surface area contributed by atoms with Gasteiger partial charge in [-0.15, -0.1) is 0 Å². The molecule has 0 radical (unpaired) electrons. The van der Waals surface area contributed by atoms with Crippen LogP contribution in [0.5, 0.6) is 0 Å². The maximum Gasteiger partial charge on any atom is 0.416 e. The maximum atomic E-state index is 12.5. The lowest BCUT2D eigenvalue weighted by Gasteiger charge is -2.11. The molecule has 2 aromatic rings. The first-order valence-electron chi connectivity index (χ1n) is 5.56. The highest BCUT2D eigenvalue weighted by molar-refractivity contribution is 6.35. The van der Waals surface area contributed by atoms with E-state index in [4.69, 9.17) is 23.2 Å². The van der Waals surface area contributed by atoms with E-state index in [2.05, 4.69) is 10.3 Å². The van der Waals surface area contributed by atoms with Gasteiger partial charge in [-0.1, -0.05) is 23.2 Å². The van der Waals surface area contributed by atoms with Crippen molar-refractivity contribution in [3.05, 3.63) is 57.8 Å². The topological polar surface area (TPSA) is 42.0 Å². The number of nitrogens with zero attached hydrogens (tertiary/aromatic N) is 1. The van der Waals surface area contributed by atoms with Gasteiger partial charge in [0.1, 0.15) is 0 Å². The number of nitrogens with one attached hydrogen (secondary N) is 1. The minimum atomic E-state index is -4.50. The van der Waals surface area contributed by atoms with Gasteiger partial charge < -0.3 is 5.32 Å². The molecule has 21 heavy (non-hydrogen) atoms. The zero-order valence-corrected chi connectivity index (χ0v) is 11.7. The van der Waals surface area contributed by atoms with E-state index in [1.165, 1.54) is 18.5 Å². The summed E-state index contributed by atoms with van der Waals surface area (Å²) in [4.78, 5) is 15.7. The smallest absolute Gasteiger partial charge is 0.321 e. The molecule has 3 nitrogen and oxygen atoms in total. The quantitative estimate of drug-likeness (QED) is 0.867. The fraction of sp³-hybridized carbons (Fsp3) is 0.0769. The van der Waals surface area contributed by atoms with Crippen molar-refractivity contribution < 1.29 is 18.0 Å². The summed E-state index contributed by atoms with van der Waals surface area (Å²) in [6.45, 7) is 0. The zero-order chi connectivity index (χ0) is 15.6. The standard InChI is InChI=1S/C13H7Cl2F3N2O/c14-9-3-4-19-6-8(9)12(21)20-11-2-1-7(5-10(11)15)13(16,17)18/h1-6H,(H,20,21). The van der Waals surface area contributed by atoms with Crippen molar-refractivity contribution in [3.63, 3.8) is 0 Å². The second-order valence-corrected chi connectivity index (χ2v) is 4.82. The molecular formula is C13H7Cl2F3N2O. The Hall–Kier alpha value is -1.79. The minimum absolute atomic E-state index is 0.0505. The molecule has 0 saturated carbocycles. The van der Waals surface area contributed by atoms with Crippen LogP contribution in [0.4, 0.5) is 18.9 Å². The third-order valence-corrected chi connectivity index (χ3v) is 3.20. The highest BCUT2D eigenvalue weighted by atomic mass is 35.5. The first kappa shape index (κ1) is 15.6. The van der Waals surface area contributed by atoms with Crippen LogP contribution >= 0.6 is 23.2 Å². The van der Waals surface area contributed by atoms with Crippen LogP contribution in [0, 0.1) is 0 Å². The lowest BCUT2D eigenvalue weighted by Crippen LogP contribution is -2.13. The van der Waals surface area contributed by atoms with Gasteiger partial charge in [0.2, 0.25) is 0 Å². The molecule has 0 aliphatic carbocycles. The monoisotopic (exact) mass is 334 g/mol. The molecule has 2 rings (SSSR count). The highest BCUT2D eigenvalue weighted by Crippen LogP contribution is 2.34. The maximum absolute atomic E-state index is 12.5. The second kappa shape index (κ2) is 5.91. The van der Waals surface area contributed by atoms with Gasteiger partial charge in [0.05, 0.1) is 26.9 Å². The lowest BCUT2D eigenvalue weighted by molar-refractivity contribution is -0.137. The van der Waals surface area contributed by atoms with Crippen LogP contribution in [0.15, 0.2) is 36.7 Å². The molecule has 0 atom stereocenters. The molecular weight excluding hydrogens is 328 g/mol. The van der Waals surface area contributed by atoms with Crippen LogP contribution in [0.25, 0.3) is 0 Å². The van der Waals surface area contributed by atoms with Gasteiger partial charge in [0.15, 0.2) is 0 Å². The Morgan fingerprint density at radius 1 is 1.14 bits per heavy atom. The second-order valence-electron chi connectivity index (χ2n) is 4.00. The van der Waals surface area contributed by atoms with Crippen LogP contribution in [0.1, 0.15) is 15.9 Å². The number of hydrogen-bond acceptors (Lipinski definition) is 2. The Kier molecular flexibility index (Phi) is 4.39. The number of benzene rings is 1. The van der Waals surface area contributed by atoms with E-state index in [0.717, 1.165) is 18.2 Å². The summed E-state index contributed by atoms with van der Waals surface area (Å²) in [5.74, 6) is -0.616. The van der Waals surface area contributed by atoms with Crippen LogP contribution in [0.3, 0.4) is 0 Å². The molecule has 0 aliphatic rings. The first-order valence-corrected chi connectivity index (χ1v) is 6.32. The number of amides is 1. The number of carbonyl (C=O) groups is 1. The van der Waals surface area contributed by atoms with Crippen molar-refractivity contribution in [2.24, 2.45) is 0 Å². The number of alkyl halides is 3. The van der Waals surface area contributed by atoms with Gasteiger partial charge in [-0.25, -0.2) is 0 Å². The Morgan fingerprint density at radius 2 is 1.86 bits per heavy atom. The molecule has 110 valence electrons. The predicted molar refractivity (Wildman–Crippen MR) is 73.7 cm³/mol. The first-order chi connectivity index (χ1) is 9.79. The molecule has 0 saturated heterocycles. The van der Waals surface area contributed by atoms with E-state index in [0.29, 0.717) is 0 Å². The molecule has 1 amide bonds. The van der Waals surface area contributed by atoms with Gasteiger partial charge in [0.25, 0.3) is 5.91 Å². The number of rotatable bonds is 2. The molecule has 8 heteroatoms. The number of pyridine rings is 1. The average molecular weight is 335 g/mol.